The summed E-state index contributed by atoms with van der Waals surface area (Å²) in [5.41, 5.74) is 0.416. The van der Waals surface area contributed by atoms with E-state index in [0.717, 1.165) is 32.0 Å². The zero-order valence-corrected chi connectivity index (χ0v) is 15.3. The van der Waals surface area contributed by atoms with Gasteiger partial charge in [-0.25, -0.2) is 0 Å². The summed E-state index contributed by atoms with van der Waals surface area (Å²) in [5, 5.41) is 9.19. The molecule has 0 saturated carbocycles. The topological polar surface area (TPSA) is 65.5 Å². The molecule has 0 radical (unpaired) electrons. The number of nitrogens with one attached hydrogen (secondary N) is 3. The molecule has 5 nitrogen and oxygen atoms in total. The molecule has 8 heteroatoms. The van der Waals surface area contributed by atoms with Gasteiger partial charge >= 0.3 is 6.18 Å². The normalized spacial score (nSPS) is 22.9. The van der Waals surface area contributed by atoms with Crippen LogP contribution in [0.1, 0.15) is 49.7 Å². The molecular formula is C19H25F3N4O. The third kappa shape index (κ3) is 5.22. The molecule has 0 fully saturated rings. The molecule has 148 valence electrons. The van der Waals surface area contributed by atoms with Gasteiger partial charge in [0.25, 0.3) is 0 Å². The van der Waals surface area contributed by atoms with Gasteiger partial charge in [0.2, 0.25) is 5.91 Å². The van der Waals surface area contributed by atoms with E-state index in [4.69, 9.17) is 0 Å². The molecule has 2 heterocycles. The maximum atomic E-state index is 13.0. The third-order valence-corrected chi connectivity index (χ3v) is 5.17. The second kappa shape index (κ2) is 8.29. The first-order chi connectivity index (χ1) is 12.8. The maximum Gasteiger partial charge on any atom is 0.416 e. The summed E-state index contributed by atoms with van der Waals surface area (Å²) in [6.07, 6.45) is -0.0257. The summed E-state index contributed by atoms with van der Waals surface area (Å²) in [7, 11) is 0. The molecule has 1 amide bonds. The van der Waals surface area contributed by atoms with Crippen LogP contribution >= 0.6 is 0 Å². The number of halogens is 3. The summed E-state index contributed by atoms with van der Waals surface area (Å²) < 4.78 is 39.1. The van der Waals surface area contributed by atoms with Gasteiger partial charge in [0.05, 0.1) is 17.9 Å². The van der Waals surface area contributed by atoms with Gasteiger partial charge in [0, 0.05) is 24.7 Å². The Hall–Kier alpha value is -2.09. The molecule has 2 aliphatic rings. The number of amides is 1. The second-order valence-electron chi connectivity index (χ2n) is 7.31. The van der Waals surface area contributed by atoms with E-state index in [1.807, 2.05) is 0 Å². The molecule has 3 rings (SSSR count). The molecule has 1 aromatic carbocycles. The van der Waals surface area contributed by atoms with Crippen LogP contribution < -0.4 is 16.0 Å². The van der Waals surface area contributed by atoms with Gasteiger partial charge in [-0.2, -0.15) is 13.2 Å². The fourth-order valence-corrected chi connectivity index (χ4v) is 3.61. The number of hydrogen-bond donors (Lipinski definition) is 3. The molecule has 0 saturated heterocycles. The van der Waals surface area contributed by atoms with Crippen molar-refractivity contribution in [2.45, 2.75) is 56.8 Å². The number of fused-ring (bicyclic) bond motifs is 1. The molecule has 2 aliphatic heterocycles. The van der Waals surface area contributed by atoms with Gasteiger partial charge < -0.3 is 16.0 Å². The van der Waals surface area contributed by atoms with Crippen molar-refractivity contribution in [3.63, 3.8) is 0 Å². The Morgan fingerprint density at radius 3 is 2.85 bits per heavy atom. The minimum atomic E-state index is -4.38. The number of alkyl halides is 3. The van der Waals surface area contributed by atoms with Crippen LogP contribution in [0.5, 0.6) is 0 Å². The van der Waals surface area contributed by atoms with Crippen molar-refractivity contribution in [1.29, 1.82) is 0 Å². The highest BCUT2D eigenvalue weighted by molar-refractivity contribution is 5.94. The molecule has 0 spiro atoms. The minimum Gasteiger partial charge on any atom is -0.374 e. The van der Waals surface area contributed by atoms with Crippen molar-refractivity contribution in [1.82, 2.24) is 10.6 Å². The van der Waals surface area contributed by atoms with Gasteiger partial charge in [-0.15, -0.1) is 0 Å². The van der Waals surface area contributed by atoms with Crippen molar-refractivity contribution >= 4 is 17.9 Å². The van der Waals surface area contributed by atoms with E-state index in [1.165, 1.54) is 12.1 Å². The summed E-state index contributed by atoms with van der Waals surface area (Å²) in [4.78, 5) is 16.2. The van der Waals surface area contributed by atoms with E-state index in [-0.39, 0.29) is 24.3 Å². The number of benzene rings is 1. The van der Waals surface area contributed by atoms with Crippen LogP contribution in [0.25, 0.3) is 0 Å². The van der Waals surface area contributed by atoms with Crippen LogP contribution in [-0.2, 0) is 11.0 Å². The van der Waals surface area contributed by atoms with Crippen LogP contribution in [-0.4, -0.2) is 37.4 Å². The Morgan fingerprint density at radius 1 is 1.33 bits per heavy atom. The van der Waals surface area contributed by atoms with E-state index < -0.39 is 11.7 Å². The Morgan fingerprint density at radius 2 is 2.15 bits per heavy atom. The van der Waals surface area contributed by atoms with Crippen LogP contribution in [0.3, 0.4) is 0 Å². The van der Waals surface area contributed by atoms with Crippen LogP contribution in [0.15, 0.2) is 23.2 Å². The number of carbonyl (C=O) groups excluding carboxylic acids is 1. The maximum absolute atomic E-state index is 13.0. The lowest BCUT2D eigenvalue weighted by atomic mass is 9.85. The fourth-order valence-electron chi connectivity index (χ4n) is 3.61. The minimum absolute atomic E-state index is 0.139. The summed E-state index contributed by atoms with van der Waals surface area (Å²) in [6.45, 7) is 3.77. The van der Waals surface area contributed by atoms with Crippen molar-refractivity contribution in [2.24, 2.45) is 4.99 Å². The fraction of sp³-hybridized carbons (Fsp3) is 0.579. The summed E-state index contributed by atoms with van der Waals surface area (Å²) in [6, 6.07) is 4.09. The Balaban J connectivity index is 1.56. The summed E-state index contributed by atoms with van der Waals surface area (Å²) >= 11 is 0. The first-order valence-electron chi connectivity index (χ1n) is 9.32. The Kier molecular flexibility index (Phi) is 6.04. The average Bonchev–Trinajstić information content (AvgIpc) is 3.11. The highest BCUT2D eigenvalue weighted by Crippen LogP contribution is 2.39. The number of aliphatic imine (C=N–C) groups is 1. The lowest BCUT2D eigenvalue weighted by Gasteiger charge is -2.27. The highest BCUT2D eigenvalue weighted by atomic mass is 19.4. The predicted octanol–water partition coefficient (Wildman–Crippen LogP) is 3.28. The lowest BCUT2D eigenvalue weighted by Crippen LogP contribution is -2.31. The summed E-state index contributed by atoms with van der Waals surface area (Å²) in [5.74, 6) is -0.330. The number of nitrogens with zero attached hydrogens (tertiary/aromatic N) is 1. The predicted molar refractivity (Wildman–Crippen MR) is 99.0 cm³/mol. The standard InChI is InChI=1S/C19H25F3N4O/c1-12(24-7-6-15-10-23-11-25-15)2-3-13-8-18(27)26-17-5-4-14(9-16(13)17)19(20,21)22/h4-5,9,11-13,15,24H,2-3,6-8,10H2,1H3,(H,23,25)(H,26,27). The molecular weight excluding hydrogens is 357 g/mol. The van der Waals surface area contributed by atoms with Gasteiger partial charge in [0.1, 0.15) is 0 Å². The van der Waals surface area contributed by atoms with E-state index in [0.29, 0.717) is 23.7 Å². The van der Waals surface area contributed by atoms with E-state index in [2.05, 4.69) is 27.9 Å². The van der Waals surface area contributed by atoms with Crippen LogP contribution in [0.4, 0.5) is 18.9 Å². The zero-order valence-electron chi connectivity index (χ0n) is 15.3. The largest absolute Gasteiger partial charge is 0.416 e. The number of anilines is 1. The van der Waals surface area contributed by atoms with Gasteiger partial charge in [0.15, 0.2) is 0 Å². The van der Waals surface area contributed by atoms with E-state index in [1.54, 1.807) is 6.34 Å². The molecule has 27 heavy (non-hydrogen) atoms. The molecule has 3 N–H and O–H groups in total. The first kappa shape index (κ1) is 19.7. The van der Waals surface area contributed by atoms with Gasteiger partial charge in [-0.1, -0.05) is 0 Å². The highest BCUT2D eigenvalue weighted by Gasteiger charge is 2.33. The van der Waals surface area contributed by atoms with Crippen molar-refractivity contribution < 1.29 is 18.0 Å². The monoisotopic (exact) mass is 382 g/mol. The molecule has 3 atom stereocenters. The number of hydrogen-bond acceptors (Lipinski definition) is 4. The molecule has 0 bridgehead atoms. The third-order valence-electron chi connectivity index (χ3n) is 5.17. The van der Waals surface area contributed by atoms with Gasteiger partial charge in [-0.3, -0.25) is 9.79 Å². The van der Waals surface area contributed by atoms with E-state index >= 15 is 0 Å². The van der Waals surface area contributed by atoms with Gasteiger partial charge in [-0.05, 0) is 62.4 Å². The SMILES string of the molecule is CC(CCC1CC(=O)Nc2ccc(C(F)(F)F)cc21)NCCC1CNC=N1. The number of rotatable bonds is 7. The second-order valence-corrected chi connectivity index (χ2v) is 7.31. The number of carbonyl (C=O) groups is 1. The molecule has 1 aromatic rings. The van der Waals surface area contributed by atoms with Crippen molar-refractivity contribution in [3.05, 3.63) is 29.3 Å². The molecule has 0 aliphatic carbocycles. The van der Waals surface area contributed by atoms with Crippen LogP contribution in [0.2, 0.25) is 0 Å². The van der Waals surface area contributed by atoms with Crippen molar-refractivity contribution in [2.75, 3.05) is 18.4 Å². The Labute approximate surface area is 156 Å². The lowest BCUT2D eigenvalue weighted by molar-refractivity contribution is -0.137. The quantitative estimate of drug-likeness (QED) is 0.678. The Bertz CT molecular complexity index is 705. The van der Waals surface area contributed by atoms with Crippen molar-refractivity contribution in [3.8, 4) is 0 Å². The van der Waals surface area contributed by atoms with Crippen LogP contribution in [0, 0.1) is 0 Å². The average molecular weight is 382 g/mol. The smallest absolute Gasteiger partial charge is 0.374 e. The first-order valence-corrected chi connectivity index (χ1v) is 9.32. The molecule has 3 unspecified atom stereocenters. The van der Waals surface area contributed by atoms with E-state index in [9.17, 15) is 18.0 Å². The zero-order chi connectivity index (χ0) is 19.4. The molecule has 0 aromatic heterocycles.